The average Bonchev–Trinajstić information content (AvgIpc) is 1.33. The summed E-state index contributed by atoms with van der Waals surface area (Å²) < 4.78 is 16.9. The first-order chi connectivity index (χ1) is 3.15. The second kappa shape index (κ2) is 30.1. The van der Waals surface area contributed by atoms with Crippen molar-refractivity contribution in [2.75, 3.05) is 0 Å². The van der Waals surface area contributed by atoms with Gasteiger partial charge in [-0.3, -0.25) is 0 Å². The Morgan fingerprint density at radius 2 is 1.10 bits per heavy atom. The molecule has 0 aromatic heterocycles. The van der Waals surface area contributed by atoms with Gasteiger partial charge in [-0.05, 0) is 6.16 Å². The van der Waals surface area contributed by atoms with Crippen molar-refractivity contribution in [3.63, 3.8) is 0 Å². The number of carboxylic acid groups (broad SMARTS) is 2. The normalized spacial score (nSPS) is 3.20. The zero-order valence-corrected chi connectivity index (χ0v) is 13.3. The summed E-state index contributed by atoms with van der Waals surface area (Å²) >= 11 is -1.75. The molecule has 0 bridgehead atoms. The Labute approximate surface area is 131 Å². The van der Waals surface area contributed by atoms with Crippen molar-refractivity contribution < 1.29 is 112 Å². The molecule has 10 heavy (non-hydrogen) atoms. The van der Waals surface area contributed by atoms with Gasteiger partial charge >= 0.3 is 112 Å². The summed E-state index contributed by atoms with van der Waals surface area (Å²) in [6.45, 7) is 0. The first-order valence-corrected chi connectivity index (χ1v) is 2.03. The van der Waals surface area contributed by atoms with Crippen LogP contribution in [0, 0.1) is 0 Å². The SMILES string of the molecule is O=C([O-])[O-].[Na+].[Na+].[Na+].[O]=[Al][O-]. The third kappa shape index (κ3) is 159. The Bertz CT molecular complexity index is 63.9. The fraction of sp³-hybridized carbons (Fsp3) is 0. The van der Waals surface area contributed by atoms with Crippen molar-refractivity contribution in [3.8, 4) is 0 Å². The maximum absolute atomic E-state index is 8.46. The second-order valence-electron chi connectivity index (χ2n) is 0.346. The van der Waals surface area contributed by atoms with Crippen molar-refractivity contribution >= 4 is 21.6 Å². The van der Waals surface area contributed by atoms with E-state index in [9.17, 15) is 0 Å². The van der Waals surface area contributed by atoms with Crippen molar-refractivity contribution in [3.05, 3.63) is 0 Å². The van der Waals surface area contributed by atoms with Crippen LogP contribution in [-0.4, -0.2) is 21.6 Å². The average molecular weight is 188 g/mol. The predicted molar refractivity (Wildman–Crippen MR) is 11.8 cm³/mol. The molecule has 0 amide bonds. The number of carbonyl (C=O) groups is 1. The number of carbonyl (C=O) groups excluding carboxylic acids is 1. The number of rotatable bonds is 0. The quantitative estimate of drug-likeness (QED) is 0.351. The minimum atomic E-state index is -2.33. The van der Waals surface area contributed by atoms with E-state index in [1.165, 1.54) is 0 Å². The molecule has 0 heterocycles. The van der Waals surface area contributed by atoms with Gasteiger partial charge in [0.2, 0.25) is 0 Å². The van der Waals surface area contributed by atoms with E-state index in [0.29, 0.717) is 0 Å². The van der Waals surface area contributed by atoms with Crippen molar-refractivity contribution in [1.82, 2.24) is 0 Å². The molecule has 0 atom stereocenters. The van der Waals surface area contributed by atoms with E-state index in [1.54, 1.807) is 0 Å². The third-order valence-corrected chi connectivity index (χ3v) is 0. The van der Waals surface area contributed by atoms with Gasteiger partial charge in [-0.15, -0.1) is 0 Å². The summed E-state index contributed by atoms with van der Waals surface area (Å²) in [7, 11) is 0. The van der Waals surface area contributed by atoms with Gasteiger partial charge in [0.25, 0.3) is 0 Å². The summed E-state index contributed by atoms with van der Waals surface area (Å²) in [5.41, 5.74) is 0. The van der Waals surface area contributed by atoms with Gasteiger partial charge in [0.15, 0.2) is 0 Å². The second-order valence-corrected chi connectivity index (χ2v) is 0.539. The van der Waals surface area contributed by atoms with Crippen LogP contribution in [0.3, 0.4) is 0 Å². The van der Waals surface area contributed by atoms with E-state index in [0.717, 1.165) is 0 Å². The molecule has 0 N–H and O–H groups in total. The molecule has 0 rings (SSSR count). The summed E-state index contributed by atoms with van der Waals surface area (Å²) in [6, 6.07) is 0. The monoisotopic (exact) mass is 188 g/mol. The Morgan fingerprint density at radius 3 is 1.10 bits per heavy atom. The molecule has 0 aliphatic rings. The van der Waals surface area contributed by atoms with Crippen molar-refractivity contribution in [2.45, 2.75) is 0 Å². The van der Waals surface area contributed by atoms with Gasteiger partial charge in [-0.25, -0.2) is 0 Å². The Kier molecular flexibility index (Phi) is 88.6. The van der Waals surface area contributed by atoms with Gasteiger partial charge in [0, 0.05) is 0 Å². The van der Waals surface area contributed by atoms with Crippen LogP contribution in [-0.2, 0) is 3.80 Å². The van der Waals surface area contributed by atoms with Gasteiger partial charge in [0.05, 0.1) is 0 Å². The molecule has 0 radical (unpaired) electrons. The molecule has 0 unspecified atom stereocenters. The first-order valence-electron chi connectivity index (χ1n) is 1.08. The molecule has 9 heteroatoms. The molecular weight excluding hydrogens is 188 g/mol. The maximum atomic E-state index is 8.46. The molecular formula is CAlNa3O5. The molecule has 5 nitrogen and oxygen atoms in total. The summed E-state index contributed by atoms with van der Waals surface area (Å²) in [4.78, 5) is 8.33. The van der Waals surface area contributed by atoms with E-state index >= 15 is 0 Å². The van der Waals surface area contributed by atoms with Crippen LogP contribution in [0.5, 0.6) is 0 Å². The van der Waals surface area contributed by atoms with Crippen molar-refractivity contribution in [1.29, 1.82) is 0 Å². The van der Waals surface area contributed by atoms with E-state index in [1.807, 2.05) is 0 Å². The van der Waals surface area contributed by atoms with Crippen LogP contribution in [0.2, 0.25) is 0 Å². The zero-order valence-electron chi connectivity index (χ0n) is 6.12. The zero-order chi connectivity index (χ0) is 6.28. The van der Waals surface area contributed by atoms with Gasteiger partial charge in [-0.2, -0.15) is 0 Å². The van der Waals surface area contributed by atoms with Gasteiger partial charge < -0.3 is 15.0 Å². The first kappa shape index (κ1) is 29.4. The van der Waals surface area contributed by atoms with Crippen LogP contribution < -0.4 is 103 Å². The Morgan fingerprint density at radius 1 is 1.10 bits per heavy atom. The van der Waals surface area contributed by atoms with E-state index in [-0.39, 0.29) is 88.7 Å². The molecule has 0 aromatic carbocycles. The fourth-order valence-corrected chi connectivity index (χ4v) is 0. The number of hydrogen-bond donors (Lipinski definition) is 0. The van der Waals surface area contributed by atoms with Crippen LogP contribution in [0.1, 0.15) is 0 Å². The van der Waals surface area contributed by atoms with Gasteiger partial charge in [-0.1, -0.05) is 0 Å². The summed E-state index contributed by atoms with van der Waals surface area (Å²) in [5, 5.41) is 16.7. The predicted octanol–water partition coefficient (Wildman–Crippen LogP) is -13.1. The van der Waals surface area contributed by atoms with E-state index in [4.69, 9.17) is 23.0 Å². The molecule has 40 valence electrons. The summed E-state index contributed by atoms with van der Waals surface area (Å²) in [5.74, 6) is 0. The fourth-order valence-electron chi connectivity index (χ4n) is 0. The van der Waals surface area contributed by atoms with Crippen molar-refractivity contribution in [2.24, 2.45) is 0 Å². The van der Waals surface area contributed by atoms with E-state index in [2.05, 4.69) is 0 Å². The number of hydrogen-bond acceptors (Lipinski definition) is 5. The molecule has 0 aliphatic carbocycles. The molecule has 0 aliphatic heterocycles. The molecule has 0 aromatic rings. The topological polar surface area (TPSA) is 103 Å². The van der Waals surface area contributed by atoms with E-state index < -0.39 is 21.6 Å². The minimum absolute atomic E-state index is 0. The molecule has 0 saturated carbocycles. The van der Waals surface area contributed by atoms with Gasteiger partial charge in [0.1, 0.15) is 0 Å². The standard InChI is InChI=1S/CH2O3.Al.3Na.2O/c2-1(3)4;;;;;;/h(H2,2,3,4);;;;;;/q;;3*+1;;-1/p-2. The molecule has 0 spiro atoms. The third-order valence-electron chi connectivity index (χ3n) is 0. The summed E-state index contributed by atoms with van der Waals surface area (Å²) in [6.07, 6.45) is -2.33. The molecule has 0 saturated heterocycles. The van der Waals surface area contributed by atoms with Crippen LogP contribution >= 0.6 is 0 Å². The van der Waals surface area contributed by atoms with Crippen LogP contribution in [0.4, 0.5) is 4.79 Å². The Balaban J connectivity index is -0.0000000131. The van der Waals surface area contributed by atoms with Crippen LogP contribution in [0.25, 0.3) is 0 Å². The van der Waals surface area contributed by atoms with Crippen LogP contribution in [0.15, 0.2) is 0 Å². The molecule has 0 fully saturated rings. The Hall–Kier alpha value is 2.40.